The highest BCUT2D eigenvalue weighted by Crippen LogP contribution is 2.40. The number of alkyl halides is 3. The van der Waals surface area contributed by atoms with Gasteiger partial charge in [-0.1, -0.05) is 12.1 Å². The van der Waals surface area contributed by atoms with E-state index in [0.29, 0.717) is 54.0 Å². The fourth-order valence-electron chi connectivity index (χ4n) is 8.22. The predicted octanol–water partition coefficient (Wildman–Crippen LogP) is 4.18. The van der Waals surface area contributed by atoms with Crippen LogP contribution in [0.2, 0.25) is 0 Å². The molecule has 3 saturated heterocycles. The second-order valence-electron chi connectivity index (χ2n) is 14.7. The molecule has 14 nitrogen and oxygen atoms in total. The Bertz CT molecular complexity index is 2200. The van der Waals surface area contributed by atoms with Crippen molar-refractivity contribution in [2.45, 2.75) is 55.3 Å². The number of pyridine rings is 1. The number of carbonyl (C=O) groups is 4. The fourth-order valence-corrected chi connectivity index (χ4v) is 8.80. The van der Waals surface area contributed by atoms with E-state index in [1.54, 1.807) is 35.1 Å². The SMILES string of the molecule is NC(=O)c1cnc(N2CCN(C3CCN(Cc4ccc5c(c4)C(=O)N(C4CCC(=O)NC4=O)C5S)CC3)CC2)c(-c2ccn(-c3ccc(OC(F)(F)Cl)cc3)n2)c1. The number of piperazine rings is 1. The highest BCUT2D eigenvalue weighted by Gasteiger charge is 2.44. The van der Waals surface area contributed by atoms with Crippen molar-refractivity contribution in [2.24, 2.45) is 5.73 Å². The molecule has 6 heterocycles. The van der Waals surface area contributed by atoms with Crippen molar-refractivity contribution in [1.29, 1.82) is 0 Å². The molecule has 4 aromatic rings. The quantitative estimate of drug-likeness (QED) is 0.121. The maximum Gasteiger partial charge on any atom is 0.487 e. The van der Waals surface area contributed by atoms with Gasteiger partial charge in [0.15, 0.2) is 0 Å². The molecule has 4 aliphatic rings. The lowest BCUT2D eigenvalue weighted by molar-refractivity contribution is -0.137. The van der Waals surface area contributed by atoms with E-state index in [1.165, 1.54) is 23.2 Å². The summed E-state index contributed by atoms with van der Waals surface area (Å²) < 4.78 is 32.1. The molecule has 2 unspecified atom stereocenters. The Kier molecular flexibility index (Phi) is 10.7. The van der Waals surface area contributed by atoms with E-state index in [2.05, 4.69) is 42.4 Å². The van der Waals surface area contributed by atoms with Gasteiger partial charge in [0.25, 0.3) is 5.91 Å². The predicted molar refractivity (Wildman–Crippen MR) is 209 cm³/mol. The van der Waals surface area contributed by atoms with Crippen LogP contribution in [0.15, 0.2) is 67.0 Å². The van der Waals surface area contributed by atoms with Crippen molar-refractivity contribution in [2.75, 3.05) is 44.2 Å². The first-order chi connectivity index (χ1) is 27.3. The van der Waals surface area contributed by atoms with Crippen LogP contribution in [0, 0.1) is 0 Å². The van der Waals surface area contributed by atoms with Gasteiger partial charge in [-0.2, -0.15) is 5.10 Å². The first-order valence-electron chi connectivity index (χ1n) is 18.7. The number of fused-ring (bicyclic) bond motifs is 1. The number of benzene rings is 2. The number of imide groups is 1. The molecule has 8 rings (SSSR count). The summed E-state index contributed by atoms with van der Waals surface area (Å²) in [5.41, 5.74) is 6.22. The second kappa shape index (κ2) is 15.7. The zero-order chi connectivity index (χ0) is 40.0. The highest BCUT2D eigenvalue weighted by atomic mass is 35.5. The number of piperidine rings is 2. The number of anilines is 1. The summed E-state index contributed by atoms with van der Waals surface area (Å²) >= 11 is 9.57. The Morgan fingerprint density at radius 3 is 2.39 bits per heavy atom. The first kappa shape index (κ1) is 38.8. The number of ether oxygens (including phenoxy) is 1. The van der Waals surface area contributed by atoms with E-state index < -0.39 is 28.8 Å². The molecule has 4 amide bonds. The zero-order valence-corrected chi connectivity index (χ0v) is 32.3. The van der Waals surface area contributed by atoms with Crippen LogP contribution in [0.5, 0.6) is 5.75 Å². The van der Waals surface area contributed by atoms with Crippen LogP contribution in [0.4, 0.5) is 14.6 Å². The van der Waals surface area contributed by atoms with Crippen molar-refractivity contribution in [1.82, 2.24) is 34.8 Å². The molecule has 4 aliphatic heterocycles. The minimum atomic E-state index is -3.82. The molecule has 2 aromatic carbocycles. The molecular weight excluding hydrogens is 780 g/mol. The molecule has 0 saturated carbocycles. The summed E-state index contributed by atoms with van der Waals surface area (Å²) in [6, 6.07) is 14.9. The number of hydrogen-bond donors (Lipinski definition) is 3. The molecule has 0 bridgehead atoms. The third-order valence-electron chi connectivity index (χ3n) is 11.1. The lowest BCUT2D eigenvalue weighted by Gasteiger charge is -2.43. The molecular formula is C39H40ClF2N9O5S. The third-order valence-corrected chi connectivity index (χ3v) is 11.7. The topological polar surface area (TPSA) is 159 Å². The smallest absolute Gasteiger partial charge is 0.420 e. The Hall–Kier alpha value is -5.10. The molecule has 3 N–H and O–H groups in total. The van der Waals surface area contributed by atoms with Gasteiger partial charge < -0.3 is 20.3 Å². The lowest BCUT2D eigenvalue weighted by atomic mass is 10.0. The first-order valence-corrected chi connectivity index (χ1v) is 19.6. The van der Waals surface area contributed by atoms with Crippen LogP contribution in [0.1, 0.15) is 62.9 Å². The normalized spacial score (nSPS) is 21.2. The van der Waals surface area contributed by atoms with Crippen LogP contribution >= 0.6 is 24.2 Å². The molecule has 3 fully saturated rings. The number of hydrogen-bond acceptors (Lipinski definition) is 11. The van der Waals surface area contributed by atoms with Gasteiger partial charge in [0.2, 0.25) is 17.7 Å². The number of nitrogens with two attached hydrogens (primary N) is 1. The molecule has 0 aliphatic carbocycles. The molecule has 2 aromatic heterocycles. The highest BCUT2D eigenvalue weighted by molar-refractivity contribution is 7.80. The number of halogens is 3. The maximum absolute atomic E-state index is 13.5. The van der Waals surface area contributed by atoms with Crippen LogP contribution in [0.25, 0.3) is 16.9 Å². The standard InChI is InChI=1S/C39H40ClF2N9O5S/c40-39(41,42)56-27-4-2-26(3-5-27)50-14-11-31(46-50)30-20-24(34(43)53)21-44-35(30)49-17-15-48(16-18-49)25-9-12-47(13-10-25)22-23-1-6-28-29(19-23)37(55)51(38(28)57)32-7-8-33(52)45-36(32)54/h1-6,11,14,19-21,25,32,38,57H,7-10,12-13,15-18,22H2,(H2,43,53)(H,45,52,54). The summed E-state index contributed by atoms with van der Waals surface area (Å²) in [6.07, 6.45) is 5.68. The molecule has 2 atom stereocenters. The van der Waals surface area contributed by atoms with Gasteiger partial charge in [0.1, 0.15) is 23.0 Å². The van der Waals surface area contributed by atoms with Crippen molar-refractivity contribution in [3.05, 3.63) is 89.2 Å². The fraction of sp³-hybridized carbons (Fsp3) is 0.385. The van der Waals surface area contributed by atoms with E-state index in [1.807, 2.05) is 18.2 Å². The molecule has 0 spiro atoms. The number of thiol groups is 1. The average Bonchev–Trinajstić information content (AvgIpc) is 3.77. The van der Waals surface area contributed by atoms with E-state index in [-0.39, 0.29) is 36.0 Å². The van der Waals surface area contributed by atoms with Crippen LogP contribution in [0.3, 0.4) is 0 Å². The minimum Gasteiger partial charge on any atom is -0.420 e. The number of rotatable bonds is 10. The monoisotopic (exact) mass is 819 g/mol. The summed E-state index contributed by atoms with van der Waals surface area (Å²) in [6.45, 7) is 5.61. The largest absolute Gasteiger partial charge is 0.487 e. The summed E-state index contributed by atoms with van der Waals surface area (Å²) in [5.74, 6) is -1.04. The van der Waals surface area contributed by atoms with E-state index in [4.69, 9.17) is 22.4 Å². The number of nitrogens with zero attached hydrogens (tertiary/aromatic N) is 7. The number of aromatic nitrogens is 3. The third kappa shape index (κ3) is 8.19. The number of likely N-dealkylation sites (tertiary alicyclic amines) is 1. The van der Waals surface area contributed by atoms with Crippen LogP contribution < -0.4 is 20.7 Å². The lowest BCUT2D eigenvalue weighted by Crippen LogP contribution is -2.53. The van der Waals surface area contributed by atoms with E-state index in [9.17, 15) is 28.0 Å². The van der Waals surface area contributed by atoms with Gasteiger partial charge >= 0.3 is 5.57 Å². The van der Waals surface area contributed by atoms with Gasteiger partial charge in [-0.3, -0.25) is 34.3 Å². The summed E-state index contributed by atoms with van der Waals surface area (Å²) in [4.78, 5) is 63.1. The molecule has 298 valence electrons. The zero-order valence-electron chi connectivity index (χ0n) is 30.7. The average molecular weight is 820 g/mol. The van der Waals surface area contributed by atoms with E-state index in [0.717, 1.165) is 50.1 Å². The molecule has 0 radical (unpaired) electrons. The van der Waals surface area contributed by atoms with Gasteiger partial charge in [-0.15, -0.1) is 21.4 Å². The Labute approximate surface area is 337 Å². The van der Waals surface area contributed by atoms with Gasteiger partial charge in [0.05, 0.1) is 16.9 Å². The van der Waals surface area contributed by atoms with Gasteiger partial charge in [0, 0.05) is 80.3 Å². The Morgan fingerprint density at radius 1 is 0.965 bits per heavy atom. The molecule has 57 heavy (non-hydrogen) atoms. The minimum absolute atomic E-state index is 0.0969. The van der Waals surface area contributed by atoms with Crippen LogP contribution in [-0.4, -0.2) is 110 Å². The number of primary amides is 1. The number of carbonyl (C=O) groups excluding carboxylic acids is 4. The van der Waals surface area contributed by atoms with Gasteiger partial charge in [-0.25, -0.2) is 9.67 Å². The Balaban J connectivity index is 0.875. The van der Waals surface area contributed by atoms with E-state index >= 15 is 0 Å². The number of nitrogens with one attached hydrogen (secondary N) is 1. The van der Waals surface area contributed by atoms with Crippen molar-refractivity contribution in [3.63, 3.8) is 0 Å². The summed E-state index contributed by atoms with van der Waals surface area (Å²) in [5, 5.41) is 6.50. The summed E-state index contributed by atoms with van der Waals surface area (Å²) in [7, 11) is 0. The second-order valence-corrected chi connectivity index (χ2v) is 15.6. The Morgan fingerprint density at radius 2 is 1.70 bits per heavy atom. The van der Waals surface area contributed by atoms with Crippen molar-refractivity contribution in [3.8, 4) is 22.7 Å². The number of amides is 4. The molecule has 18 heteroatoms. The van der Waals surface area contributed by atoms with Crippen molar-refractivity contribution < 1.29 is 32.7 Å². The maximum atomic E-state index is 13.5. The van der Waals surface area contributed by atoms with Gasteiger partial charge in [-0.05, 0) is 85.9 Å². The van der Waals surface area contributed by atoms with Crippen LogP contribution in [-0.2, 0) is 16.1 Å². The van der Waals surface area contributed by atoms with Crippen molar-refractivity contribution >= 4 is 53.7 Å².